The lowest BCUT2D eigenvalue weighted by Gasteiger charge is -2.24. The number of aryl methyl sites for hydroxylation is 1. The van der Waals surface area contributed by atoms with E-state index in [1.165, 1.54) is 32.1 Å². The molecule has 1 N–H and O–H groups in total. The SMILES string of the molecule is C=N/C(=C\c1c(C)ccnc1NC1CCCCC1)OCc1ccccc1. The van der Waals surface area contributed by atoms with E-state index in [1.54, 1.807) is 0 Å². The molecule has 136 valence electrons. The fourth-order valence-corrected chi connectivity index (χ4v) is 3.30. The molecular formula is C22H27N3O. The molecule has 0 atom stereocenters. The predicted molar refractivity (Wildman–Crippen MR) is 108 cm³/mol. The largest absolute Gasteiger partial charge is 0.473 e. The van der Waals surface area contributed by atoms with E-state index >= 15 is 0 Å². The quantitative estimate of drug-likeness (QED) is 0.541. The van der Waals surface area contributed by atoms with Gasteiger partial charge in [-0.15, -0.1) is 0 Å². The third-order valence-electron chi connectivity index (χ3n) is 4.81. The highest BCUT2D eigenvalue weighted by molar-refractivity contribution is 5.67. The molecule has 4 nitrogen and oxygen atoms in total. The summed E-state index contributed by atoms with van der Waals surface area (Å²) in [7, 11) is 0. The summed E-state index contributed by atoms with van der Waals surface area (Å²) in [4.78, 5) is 8.63. The van der Waals surface area contributed by atoms with Gasteiger partial charge in [0.1, 0.15) is 12.4 Å². The first-order valence-corrected chi connectivity index (χ1v) is 9.33. The molecule has 3 rings (SSSR count). The molecule has 0 amide bonds. The Labute approximate surface area is 156 Å². The van der Waals surface area contributed by atoms with Gasteiger partial charge in [0.15, 0.2) is 0 Å². The highest BCUT2D eigenvalue weighted by Gasteiger charge is 2.16. The van der Waals surface area contributed by atoms with E-state index in [9.17, 15) is 0 Å². The normalized spacial score (nSPS) is 15.5. The molecule has 1 fully saturated rings. The van der Waals surface area contributed by atoms with Crippen LogP contribution in [0.3, 0.4) is 0 Å². The van der Waals surface area contributed by atoms with Crippen molar-refractivity contribution in [2.24, 2.45) is 4.99 Å². The topological polar surface area (TPSA) is 46.5 Å². The van der Waals surface area contributed by atoms with E-state index < -0.39 is 0 Å². The van der Waals surface area contributed by atoms with Crippen molar-refractivity contribution < 1.29 is 4.74 Å². The summed E-state index contributed by atoms with van der Waals surface area (Å²) in [6, 6.07) is 12.6. The molecule has 0 saturated heterocycles. The van der Waals surface area contributed by atoms with E-state index in [0.717, 1.165) is 22.5 Å². The van der Waals surface area contributed by atoms with Gasteiger partial charge in [0.05, 0.1) is 0 Å². The zero-order valence-electron chi connectivity index (χ0n) is 15.4. The van der Waals surface area contributed by atoms with Crippen LogP contribution in [0.1, 0.15) is 48.8 Å². The monoisotopic (exact) mass is 349 g/mol. The molecule has 26 heavy (non-hydrogen) atoms. The summed E-state index contributed by atoms with van der Waals surface area (Å²) in [6.07, 6.45) is 10.1. The maximum atomic E-state index is 5.86. The van der Waals surface area contributed by atoms with Gasteiger partial charge in [0.2, 0.25) is 5.88 Å². The minimum absolute atomic E-state index is 0.469. The van der Waals surface area contributed by atoms with Gasteiger partial charge in [-0.05, 0) is 43.7 Å². The van der Waals surface area contributed by atoms with Gasteiger partial charge in [-0.2, -0.15) is 0 Å². The van der Waals surface area contributed by atoms with E-state index in [2.05, 4.69) is 28.9 Å². The Morgan fingerprint density at radius 3 is 2.73 bits per heavy atom. The number of hydrogen-bond donors (Lipinski definition) is 1. The van der Waals surface area contributed by atoms with Crippen LogP contribution in [0.5, 0.6) is 0 Å². The van der Waals surface area contributed by atoms with Crippen LogP contribution in [0.15, 0.2) is 53.5 Å². The van der Waals surface area contributed by atoms with Gasteiger partial charge >= 0.3 is 0 Å². The average Bonchev–Trinajstić information content (AvgIpc) is 2.68. The summed E-state index contributed by atoms with van der Waals surface area (Å²) >= 11 is 0. The number of rotatable bonds is 7. The van der Waals surface area contributed by atoms with Crippen molar-refractivity contribution in [2.45, 2.75) is 51.7 Å². The zero-order chi connectivity index (χ0) is 18.2. The van der Waals surface area contributed by atoms with Crippen molar-refractivity contribution in [3.63, 3.8) is 0 Å². The van der Waals surface area contributed by atoms with Crippen molar-refractivity contribution >= 4 is 18.6 Å². The summed E-state index contributed by atoms with van der Waals surface area (Å²) in [6.45, 7) is 6.21. The molecule has 1 heterocycles. The van der Waals surface area contributed by atoms with Gasteiger partial charge in [0.25, 0.3) is 0 Å². The summed E-state index contributed by atoms with van der Waals surface area (Å²) in [5.41, 5.74) is 3.27. The van der Waals surface area contributed by atoms with Gasteiger partial charge in [0, 0.05) is 23.9 Å². The second-order valence-corrected chi connectivity index (χ2v) is 6.78. The number of pyridine rings is 1. The highest BCUT2D eigenvalue weighted by atomic mass is 16.5. The van der Waals surface area contributed by atoms with Crippen molar-refractivity contribution in [1.29, 1.82) is 0 Å². The standard InChI is InChI=1S/C22H27N3O/c1-17-13-14-24-22(25-19-11-7-4-8-12-19)20(17)15-21(23-2)26-16-18-9-5-3-6-10-18/h3,5-6,9-10,13-15,19H,2,4,7-8,11-12,16H2,1H3,(H,24,25)/b21-15+. The lowest BCUT2D eigenvalue weighted by molar-refractivity contribution is 0.200. The Kier molecular flexibility index (Phi) is 6.42. The van der Waals surface area contributed by atoms with Crippen LogP contribution >= 0.6 is 0 Å². The number of ether oxygens (including phenoxy) is 1. The first kappa shape index (κ1) is 18.2. The molecule has 0 radical (unpaired) electrons. The second kappa shape index (κ2) is 9.18. The Morgan fingerprint density at radius 2 is 2.00 bits per heavy atom. The number of nitrogens with one attached hydrogen (secondary N) is 1. The van der Waals surface area contributed by atoms with Gasteiger partial charge in [-0.25, -0.2) is 9.98 Å². The molecule has 1 aliphatic rings. The lowest BCUT2D eigenvalue weighted by Crippen LogP contribution is -2.23. The van der Waals surface area contributed by atoms with Crippen LogP contribution in [0.2, 0.25) is 0 Å². The van der Waals surface area contributed by atoms with Gasteiger partial charge in [-0.1, -0.05) is 49.6 Å². The van der Waals surface area contributed by atoms with Crippen molar-refractivity contribution in [3.05, 3.63) is 65.2 Å². The maximum absolute atomic E-state index is 5.86. The smallest absolute Gasteiger partial charge is 0.213 e. The minimum atomic E-state index is 0.469. The van der Waals surface area contributed by atoms with Crippen molar-refractivity contribution in [3.8, 4) is 0 Å². The highest BCUT2D eigenvalue weighted by Crippen LogP contribution is 2.26. The molecule has 0 aliphatic heterocycles. The maximum Gasteiger partial charge on any atom is 0.213 e. The molecule has 1 aromatic heterocycles. The Morgan fingerprint density at radius 1 is 1.23 bits per heavy atom. The minimum Gasteiger partial charge on any atom is -0.473 e. The first-order valence-electron chi connectivity index (χ1n) is 9.33. The van der Waals surface area contributed by atoms with Crippen LogP contribution in [0.25, 0.3) is 6.08 Å². The van der Waals surface area contributed by atoms with E-state index in [1.807, 2.05) is 48.7 Å². The van der Waals surface area contributed by atoms with E-state index in [0.29, 0.717) is 18.5 Å². The molecule has 1 saturated carbocycles. The van der Waals surface area contributed by atoms with Crippen molar-refractivity contribution in [1.82, 2.24) is 4.98 Å². The van der Waals surface area contributed by atoms with E-state index in [-0.39, 0.29) is 0 Å². The first-order chi connectivity index (χ1) is 12.8. The number of benzene rings is 1. The zero-order valence-corrected chi connectivity index (χ0v) is 15.4. The average molecular weight is 349 g/mol. The van der Waals surface area contributed by atoms with Gasteiger partial charge < -0.3 is 10.1 Å². The molecule has 1 aliphatic carbocycles. The Hall–Kier alpha value is -2.62. The summed E-state index contributed by atoms with van der Waals surface area (Å²) in [5, 5.41) is 3.62. The predicted octanol–water partition coefficient (Wildman–Crippen LogP) is 5.35. The van der Waals surface area contributed by atoms with Crippen LogP contribution in [-0.2, 0) is 11.3 Å². The Balaban J connectivity index is 1.77. The fourth-order valence-electron chi connectivity index (χ4n) is 3.30. The number of aromatic nitrogens is 1. The molecule has 4 heteroatoms. The number of aliphatic imine (C=N–C) groups is 1. The number of hydrogen-bond acceptors (Lipinski definition) is 4. The fraction of sp³-hybridized carbons (Fsp3) is 0.364. The van der Waals surface area contributed by atoms with Crippen LogP contribution in [-0.4, -0.2) is 17.7 Å². The molecule has 0 unspecified atom stereocenters. The van der Waals surface area contributed by atoms with E-state index in [4.69, 9.17) is 4.74 Å². The van der Waals surface area contributed by atoms with Crippen molar-refractivity contribution in [2.75, 3.05) is 5.32 Å². The summed E-state index contributed by atoms with van der Waals surface area (Å²) < 4.78 is 5.86. The second-order valence-electron chi connectivity index (χ2n) is 6.78. The molecule has 0 spiro atoms. The molecule has 0 bridgehead atoms. The third kappa shape index (κ3) is 4.94. The summed E-state index contributed by atoms with van der Waals surface area (Å²) in [5.74, 6) is 1.41. The molecule has 1 aromatic carbocycles. The molecular weight excluding hydrogens is 322 g/mol. The van der Waals surface area contributed by atoms with Crippen LogP contribution in [0, 0.1) is 6.92 Å². The van der Waals surface area contributed by atoms with Gasteiger partial charge in [-0.3, -0.25) is 0 Å². The third-order valence-corrected chi connectivity index (χ3v) is 4.81. The van der Waals surface area contributed by atoms with Crippen LogP contribution in [0.4, 0.5) is 5.82 Å². The van der Waals surface area contributed by atoms with Crippen LogP contribution < -0.4 is 5.32 Å². The number of anilines is 1. The molecule has 2 aromatic rings. The lowest BCUT2D eigenvalue weighted by atomic mass is 9.95. The Bertz CT molecular complexity index is 749. The number of nitrogens with zero attached hydrogens (tertiary/aromatic N) is 2.